The number of rotatable bonds is 29. The van der Waals surface area contributed by atoms with Gasteiger partial charge in [-0.1, -0.05) is 20.8 Å². The Labute approximate surface area is 363 Å². The van der Waals surface area contributed by atoms with Crippen LogP contribution >= 0.6 is 0 Å². The van der Waals surface area contributed by atoms with Crippen LogP contribution in [0.4, 0.5) is 0 Å². The second kappa shape index (κ2) is 26.1. The molecular formula is C45H65N5O12. The number of nitrogens with two attached hydrogens (primary N) is 1. The van der Waals surface area contributed by atoms with Crippen molar-refractivity contribution in [3.05, 3.63) is 68.8 Å². The number of ketones is 1. The van der Waals surface area contributed by atoms with Crippen LogP contribution in [-0.4, -0.2) is 107 Å². The van der Waals surface area contributed by atoms with Crippen molar-refractivity contribution in [3.63, 3.8) is 0 Å². The normalized spacial score (nSPS) is 11.7. The van der Waals surface area contributed by atoms with Gasteiger partial charge in [0.25, 0.3) is 0 Å². The van der Waals surface area contributed by atoms with E-state index in [1.54, 1.807) is 6.92 Å². The number of phenolic OH excluding ortho intramolecular Hbond substituents is 6. The number of carbonyl (C=O) groups is 3. The van der Waals surface area contributed by atoms with Crippen molar-refractivity contribution in [1.29, 1.82) is 5.41 Å². The second-order valence-corrected chi connectivity index (χ2v) is 14.7. The minimum absolute atomic E-state index is 0.0270. The summed E-state index contributed by atoms with van der Waals surface area (Å²) in [6.45, 7) is 11.8. The van der Waals surface area contributed by atoms with E-state index in [1.807, 2.05) is 20.8 Å². The molecule has 3 rings (SSSR count). The lowest BCUT2D eigenvalue weighted by Crippen LogP contribution is -2.30. The van der Waals surface area contributed by atoms with Crippen molar-refractivity contribution in [2.75, 3.05) is 52.7 Å². The molecule has 3 aromatic rings. The van der Waals surface area contributed by atoms with Crippen LogP contribution in [0.2, 0.25) is 0 Å². The topological polar surface area (TPSA) is 286 Å². The number of ether oxygens (including phenoxy) is 3. The zero-order valence-corrected chi connectivity index (χ0v) is 36.3. The van der Waals surface area contributed by atoms with E-state index < -0.39 is 46.3 Å². The smallest absolute Gasteiger partial charge is 0.220 e. The van der Waals surface area contributed by atoms with Crippen molar-refractivity contribution in [1.82, 2.24) is 16.0 Å². The number of nitrogens with one attached hydrogen (secondary N) is 4. The molecule has 17 nitrogen and oxygen atoms in total. The molecule has 0 fully saturated rings. The number of benzene rings is 3. The van der Waals surface area contributed by atoms with Crippen molar-refractivity contribution >= 4 is 23.3 Å². The Hall–Kier alpha value is -5.46. The summed E-state index contributed by atoms with van der Waals surface area (Å²) in [6.07, 6.45) is 2.67. The van der Waals surface area contributed by atoms with E-state index in [2.05, 4.69) is 16.0 Å². The van der Waals surface area contributed by atoms with Crippen molar-refractivity contribution in [2.45, 2.75) is 98.2 Å². The highest BCUT2D eigenvalue weighted by molar-refractivity contribution is 6.46. The van der Waals surface area contributed by atoms with Gasteiger partial charge in [-0.3, -0.25) is 14.4 Å². The van der Waals surface area contributed by atoms with Gasteiger partial charge in [0.05, 0.1) is 37.7 Å². The largest absolute Gasteiger partial charge is 0.504 e. The minimum Gasteiger partial charge on any atom is -0.504 e. The number of amides is 2. The van der Waals surface area contributed by atoms with Gasteiger partial charge in [-0.15, -0.1) is 0 Å². The maximum atomic E-state index is 13.6. The molecule has 12 N–H and O–H groups in total. The van der Waals surface area contributed by atoms with E-state index in [-0.39, 0.29) is 55.4 Å². The van der Waals surface area contributed by atoms with Crippen LogP contribution in [-0.2, 0) is 62.6 Å². The van der Waals surface area contributed by atoms with Gasteiger partial charge in [-0.25, -0.2) is 0 Å². The van der Waals surface area contributed by atoms with Crippen LogP contribution in [0.1, 0.15) is 109 Å². The van der Waals surface area contributed by atoms with Gasteiger partial charge in [0, 0.05) is 63.7 Å². The average Bonchev–Trinajstić information content (AvgIpc) is 3.26. The zero-order valence-electron chi connectivity index (χ0n) is 36.3. The van der Waals surface area contributed by atoms with E-state index in [0.717, 1.165) is 46.4 Å². The fraction of sp³-hybridized carbons (Fsp3) is 0.511. The van der Waals surface area contributed by atoms with Crippen molar-refractivity contribution in [2.24, 2.45) is 5.73 Å². The standard InChI is InChI=1S/C45H65N5O12/c1-5-28-33(24-36(47)41(55)32-11-13-38(52)45(59)43(32)57)29(6-2)35(30(7-3)34(28)25-49-27(4)31-10-12-37(51)44(58)42(31)56)26-50-40(54)15-14-39(53)48-17-9-19-61-21-23-62-22-20-60-18-8-16-46/h10-13,27,47,49,51-52,56-59H,5-9,14-26,46H2,1-4H3,(H,48,53)(H,50,54). The second-order valence-electron chi connectivity index (χ2n) is 14.7. The number of aromatic hydroxyl groups is 6. The highest BCUT2D eigenvalue weighted by atomic mass is 16.5. The third kappa shape index (κ3) is 14.3. The molecule has 0 heterocycles. The molecule has 0 saturated heterocycles. The maximum Gasteiger partial charge on any atom is 0.220 e. The lowest BCUT2D eigenvalue weighted by molar-refractivity contribution is -0.126. The molecule has 0 aliphatic heterocycles. The molecule has 0 spiro atoms. The zero-order chi connectivity index (χ0) is 45.8. The summed E-state index contributed by atoms with van der Waals surface area (Å²) < 4.78 is 16.4. The highest BCUT2D eigenvalue weighted by Gasteiger charge is 2.27. The van der Waals surface area contributed by atoms with Gasteiger partial charge >= 0.3 is 0 Å². The first-order valence-corrected chi connectivity index (χ1v) is 21.2. The summed E-state index contributed by atoms with van der Waals surface area (Å²) in [6, 6.07) is 4.46. The number of hydrogen-bond donors (Lipinski definition) is 11. The van der Waals surface area contributed by atoms with E-state index >= 15 is 0 Å². The molecular weight excluding hydrogens is 803 g/mol. The van der Waals surface area contributed by atoms with Gasteiger partial charge in [-0.05, 0) is 103 Å². The Morgan fingerprint density at radius 2 is 1.13 bits per heavy atom. The predicted octanol–water partition coefficient (Wildman–Crippen LogP) is 4.20. The van der Waals surface area contributed by atoms with Gasteiger partial charge in [0.15, 0.2) is 23.0 Å². The number of hydrogen-bond acceptors (Lipinski definition) is 15. The first-order valence-electron chi connectivity index (χ1n) is 21.2. The first-order chi connectivity index (χ1) is 29.7. The molecule has 3 aromatic carbocycles. The minimum atomic E-state index is -0.870. The van der Waals surface area contributed by atoms with Crippen LogP contribution in [0.3, 0.4) is 0 Å². The Morgan fingerprint density at radius 3 is 1.71 bits per heavy atom. The fourth-order valence-electron chi connectivity index (χ4n) is 7.20. The summed E-state index contributed by atoms with van der Waals surface area (Å²) in [5.41, 5.74) is 9.98. The molecule has 1 atom stereocenters. The molecule has 0 aliphatic carbocycles. The lowest BCUT2D eigenvalue weighted by Gasteiger charge is -2.27. The number of phenols is 6. The third-order valence-electron chi connectivity index (χ3n) is 10.5. The van der Waals surface area contributed by atoms with Crippen LogP contribution in [0.25, 0.3) is 0 Å². The summed E-state index contributed by atoms with van der Waals surface area (Å²) in [4.78, 5) is 39.3. The highest BCUT2D eigenvalue weighted by Crippen LogP contribution is 2.40. The van der Waals surface area contributed by atoms with E-state index in [1.165, 1.54) is 12.1 Å². The van der Waals surface area contributed by atoms with Crippen LogP contribution < -0.4 is 21.7 Å². The molecule has 0 saturated carbocycles. The van der Waals surface area contributed by atoms with E-state index in [9.17, 15) is 45.0 Å². The number of carbonyl (C=O) groups excluding carboxylic acids is 3. The lowest BCUT2D eigenvalue weighted by atomic mass is 9.81. The summed E-state index contributed by atoms with van der Waals surface area (Å²) >= 11 is 0. The molecule has 0 aromatic heterocycles. The number of Topliss-reactive ketones (excluding diaryl/α,β-unsaturated/α-hetero) is 1. The quantitative estimate of drug-likeness (QED) is 0.0202. The SMILES string of the molecule is CCc1c(CNC(=O)CCC(=O)NCCCOCCOCCOCCCN)c(CC)c(CC(=N)C(=O)c2ccc(O)c(O)c2O)c(CC)c1CNC(C)c1ccc(O)c(O)c1O. The van der Waals surface area contributed by atoms with Crippen LogP contribution in [0.15, 0.2) is 24.3 Å². The molecule has 0 radical (unpaired) electrons. The van der Waals surface area contributed by atoms with Crippen LogP contribution in [0.5, 0.6) is 34.5 Å². The predicted molar refractivity (Wildman–Crippen MR) is 233 cm³/mol. The van der Waals surface area contributed by atoms with Gasteiger partial charge in [0.2, 0.25) is 29.1 Å². The van der Waals surface area contributed by atoms with Gasteiger partial charge in [0.1, 0.15) is 0 Å². The Balaban J connectivity index is 1.76. The Bertz CT molecular complexity index is 1990. The van der Waals surface area contributed by atoms with Crippen molar-refractivity contribution < 1.29 is 59.2 Å². The monoisotopic (exact) mass is 867 g/mol. The van der Waals surface area contributed by atoms with E-state index in [0.29, 0.717) is 89.5 Å². The summed E-state index contributed by atoms with van der Waals surface area (Å²) in [5, 5.41) is 79.1. The third-order valence-corrected chi connectivity index (χ3v) is 10.5. The fourth-order valence-corrected chi connectivity index (χ4v) is 7.20. The first kappa shape index (κ1) is 50.9. The Morgan fingerprint density at radius 1 is 0.629 bits per heavy atom. The molecule has 0 aliphatic rings. The van der Waals surface area contributed by atoms with Crippen LogP contribution in [0, 0.1) is 5.41 Å². The maximum absolute atomic E-state index is 13.6. The summed E-state index contributed by atoms with van der Waals surface area (Å²) in [5.74, 6) is -5.36. The molecule has 2 amide bonds. The molecule has 0 bridgehead atoms. The average molecular weight is 868 g/mol. The van der Waals surface area contributed by atoms with Gasteiger partial charge < -0.3 is 71.9 Å². The van der Waals surface area contributed by atoms with E-state index in [4.69, 9.17) is 25.4 Å². The summed E-state index contributed by atoms with van der Waals surface area (Å²) in [7, 11) is 0. The molecule has 1 unspecified atom stereocenters. The van der Waals surface area contributed by atoms with Gasteiger partial charge in [-0.2, -0.15) is 0 Å². The molecule has 342 valence electrons. The Kier molecular flexibility index (Phi) is 21.4. The molecule has 62 heavy (non-hydrogen) atoms. The van der Waals surface area contributed by atoms with Crippen molar-refractivity contribution in [3.8, 4) is 34.5 Å². The molecule has 17 heteroatoms.